The molecule has 0 saturated carbocycles. The van der Waals surface area contributed by atoms with Gasteiger partial charge in [-0.3, -0.25) is 4.79 Å². The fourth-order valence-electron chi connectivity index (χ4n) is 2.12. The highest BCUT2D eigenvalue weighted by Gasteiger charge is 2.28. The molecule has 0 fully saturated rings. The van der Waals surface area contributed by atoms with E-state index in [0.29, 0.717) is 11.4 Å². The van der Waals surface area contributed by atoms with E-state index in [4.69, 9.17) is 0 Å². The summed E-state index contributed by atoms with van der Waals surface area (Å²) in [5.74, 6) is -0.328. The van der Waals surface area contributed by atoms with E-state index in [1.54, 1.807) is 17.0 Å². The third kappa shape index (κ3) is 1.80. The van der Waals surface area contributed by atoms with Gasteiger partial charge >= 0.3 is 0 Å². The largest absolute Gasteiger partial charge is 0.307 e. The van der Waals surface area contributed by atoms with Crippen molar-refractivity contribution in [3.05, 3.63) is 45.7 Å². The topological polar surface area (TPSA) is 33.2 Å². The van der Waals surface area contributed by atoms with E-state index in [1.165, 1.54) is 23.5 Å². The Morgan fingerprint density at radius 3 is 2.78 bits per heavy atom. The Balaban J connectivity index is 1.97. The van der Waals surface area contributed by atoms with Gasteiger partial charge in [0, 0.05) is 18.7 Å². The maximum atomic E-state index is 12.9. The minimum Gasteiger partial charge on any atom is -0.307 e. The molecule has 2 heterocycles. The number of benzene rings is 1. The zero-order valence-corrected chi connectivity index (χ0v) is 10.6. The van der Waals surface area contributed by atoms with E-state index in [1.807, 2.05) is 6.92 Å². The molecule has 1 amide bonds. The number of hydrogen-bond acceptors (Lipinski definition) is 3. The van der Waals surface area contributed by atoms with Crippen LogP contribution in [-0.4, -0.2) is 17.4 Å². The zero-order valence-electron chi connectivity index (χ0n) is 9.81. The molecule has 0 bridgehead atoms. The number of rotatable bonds is 1. The summed E-state index contributed by atoms with van der Waals surface area (Å²) in [5, 5.41) is 0.911. The molecule has 0 spiro atoms. The van der Waals surface area contributed by atoms with Crippen molar-refractivity contribution >= 4 is 22.9 Å². The van der Waals surface area contributed by atoms with Gasteiger partial charge in [0.1, 0.15) is 10.7 Å². The highest BCUT2D eigenvalue weighted by atomic mass is 32.1. The van der Waals surface area contributed by atoms with E-state index in [9.17, 15) is 9.18 Å². The smallest absolute Gasteiger partial charge is 0.270 e. The highest BCUT2D eigenvalue weighted by Crippen LogP contribution is 2.28. The van der Waals surface area contributed by atoms with Crippen LogP contribution >= 0.6 is 11.3 Å². The van der Waals surface area contributed by atoms with Crippen LogP contribution in [0.2, 0.25) is 0 Å². The molecule has 92 valence electrons. The Labute approximate surface area is 108 Å². The molecular weight excluding hydrogens is 251 g/mol. The molecule has 0 unspecified atom stereocenters. The van der Waals surface area contributed by atoms with Crippen molar-refractivity contribution in [2.75, 3.05) is 11.4 Å². The molecule has 1 aliphatic rings. The lowest BCUT2D eigenvalue weighted by Crippen LogP contribution is -2.36. The van der Waals surface area contributed by atoms with E-state index in [-0.39, 0.29) is 11.7 Å². The van der Waals surface area contributed by atoms with Gasteiger partial charge < -0.3 is 4.90 Å². The Morgan fingerprint density at radius 1 is 1.33 bits per heavy atom. The van der Waals surface area contributed by atoms with Crippen molar-refractivity contribution in [2.45, 2.75) is 13.3 Å². The number of halogens is 1. The fourth-order valence-corrected chi connectivity index (χ4v) is 3.03. The van der Waals surface area contributed by atoms with Crippen LogP contribution < -0.4 is 4.90 Å². The lowest BCUT2D eigenvalue weighted by molar-refractivity contribution is 0.0984. The second-order valence-corrected chi connectivity index (χ2v) is 5.40. The van der Waals surface area contributed by atoms with Gasteiger partial charge in [0.2, 0.25) is 0 Å². The van der Waals surface area contributed by atoms with Gasteiger partial charge in [0.25, 0.3) is 5.91 Å². The van der Waals surface area contributed by atoms with Gasteiger partial charge in [0.15, 0.2) is 0 Å². The summed E-state index contributed by atoms with van der Waals surface area (Å²) in [6.07, 6.45) is 0.753. The fraction of sp³-hybridized carbons (Fsp3) is 0.231. The molecule has 0 radical (unpaired) electrons. The average Bonchev–Trinajstić information content (AvgIpc) is 2.73. The van der Waals surface area contributed by atoms with E-state index in [0.717, 1.165) is 22.8 Å². The van der Waals surface area contributed by atoms with Crippen LogP contribution in [0.15, 0.2) is 24.3 Å². The Bertz CT molecular complexity index is 606. The molecule has 5 heteroatoms. The second kappa shape index (κ2) is 4.17. The van der Waals surface area contributed by atoms with Crippen LogP contribution in [0.3, 0.4) is 0 Å². The Morgan fingerprint density at radius 2 is 2.06 bits per heavy atom. The van der Waals surface area contributed by atoms with Gasteiger partial charge in [-0.25, -0.2) is 9.37 Å². The third-order valence-corrected chi connectivity index (χ3v) is 3.96. The molecule has 0 saturated heterocycles. The van der Waals surface area contributed by atoms with Gasteiger partial charge in [-0.05, 0) is 31.2 Å². The van der Waals surface area contributed by atoms with Gasteiger partial charge in [0.05, 0.1) is 10.7 Å². The van der Waals surface area contributed by atoms with Crippen LogP contribution in [0, 0.1) is 12.7 Å². The van der Waals surface area contributed by atoms with Crippen molar-refractivity contribution in [3.8, 4) is 0 Å². The van der Waals surface area contributed by atoms with Gasteiger partial charge in [-0.2, -0.15) is 0 Å². The molecule has 0 aliphatic carbocycles. The van der Waals surface area contributed by atoms with Crippen LogP contribution in [0.4, 0.5) is 10.1 Å². The number of aromatic nitrogens is 1. The summed E-state index contributed by atoms with van der Waals surface area (Å²) in [4.78, 5) is 19.1. The van der Waals surface area contributed by atoms with Crippen LogP contribution in [0.25, 0.3) is 0 Å². The number of thiazole rings is 1. The quantitative estimate of drug-likeness (QED) is 0.791. The first-order chi connectivity index (χ1) is 8.65. The first-order valence-electron chi connectivity index (χ1n) is 5.69. The Hall–Kier alpha value is -1.75. The molecule has 0 N–H and O–H groups in total. The van der Waals surface area contributed by atoms with Crippen molar-refractivity contribution in [2.24, 2.45) is 0 Å². The van der Waals surface area contributed by atoms with Crippen molar-refractivity contribution in [3.63, 3.8) is 0 Å². The first kappa shape index (κ1) is 11.3. The molecule has 1 aromatic heterocycles. The predicted molar refractivity (Wildman–Crippen MR) is 68.6 cm³/mol. The normalized spacial score (nSPS) is 14.8. The molecule has 2 aromatic rings. The number of carbonyl (C=O) groups excluding carboxylic acids is 1. The number of amides is 1. The first-order valence-corrected chi connectivity index (χ1v) is 6.50. The maximum absolute atomic E-state index is 12.9. The van der Waals surface area contributed by atoms with Crippen molar-refractivity contribution < 1.29 is 9.18 Å². The molecule has 18 heavy (non-hydrogen) atoms. The van der Waals surface area contributed by atoms with Crippen molar-refractivity contribution in [1.82, 2.24) is 4.98 Å². The summed E-state index contributed by atoms with van der Waals surface area (Å²) in [6.45, 7) is 2.50. The molecule has 3 nitrogen and oxygen atoms in total. The number of fused-ring (bicyclic) bond motifs is 1. The van der Waals surface area contributed by atoms with Gasteiger partial charge in [-0.1, -0.05) is 0 Å². The van der Waals surface area contributed by atoms with E-state index in [2.05, 4.69) is 4.98 Å². The number of carbonyl (C=O) groups is 1. The summed E-state index contributed by atoms with van der Waals surface area (Å²) in [5.41, 5.74) is 1.62. The monoisotopic (exact) mass is 262 g/mol. The Kier molecular flexibility index (Phi) is 2.63. The zero-order chi connectivity index (χ0) is 12.7. The average molecular weight is 262 g/mol. The molecule has 3 rings (SSSR count). The minimum absolute atomic E-state index is 0.0338. The maximum Gasteiger partial charge on any atom is 0.270 e. The van der Waals surface area contributed by atoms with Crippen molar-refractivity contribution in [1.29, 1.82) is 0 Å². The molecule has 1 aliphatic heterocycles. The van der Waals surface area contributed by atoms with Crippen LogP contribution in [0.1, 0.15) is 20.4 Å². The van der Waals surface area contributed by atoms with Crippen LogP contribution in [-0.2, 0) is 6.42 Å². The summed E-state index contributed by atoms with van der Waals surface area (Å²) >= 11 is 1.42. The lowest BCUT2D eigenvalue weighted by Gasteiger charge is -2.26. The van der Waals surface area contributed by atoms with Crippen LogP contribution in [0.5, 0.6) is 0 Å². The number of hydrogen-bond donors (Lipinski definition) is 0. The summed E-state index contributed by atoms with van der Waals surface area (Å²) in [6, 6.07) is 6.00. The minimum atomic E-state index is -0.294. The molecular formula is C13H11FN2OS. The second-order valence-electron chi connectivity index (χ2n) is 4.19. The summed E-state index contributed by atoms with van der Waals surface area (Å²) < 4.78 is 12.9. The third-order valence-electron chi connectivity index (χ3n) is 2.95. The molecule has 1 aromatic carbocycles. The van der Waals surface area contributed by atoms with E-state index >= 15 is 0 Å². The SMILES string of the molecule is Cc1nc2c(s1)C(=O)N(c1ccc(F)cc1)CC2. The van der Waals surface area contributed by atoms with Gasteiger partial charge in [-0.15, -0.1) is 11.3 Å². The number of aryl methyl sites for hydroxylation is 1. The predicted octanol–water partition coefficient (Wildman–Crippen LogP) is 2.79. The number of nitrogens with zero attached hydrogens (tertiary/aromatic N) is 2. The highest BCUT2D eigenvalue weighted by molar-refractivity contribution is 7.13. The standard InChI is InChI=1S/C13H11FN2OS/c1-8-15-11-6-7-16(13(17)12(11)18-8)10-4-2-9(14)3-5-10/h2-5H,6-7H2,1H3. The molecule has 0 atom stereocenters. The lowest BCUT2D eigenvalue weighted by atomic mass is 10.1. The summed E-state index contributed by atoms with van der Waals surface area (Å²) in [7, 11) is 0. The van der Waals surface area contributed by atoms with E-state index < -0.39 is 0 Å². The number of anilines is 1.